The van der Waals surface area contributed by atoms with Crippen LogP contribution in [0.15, 0.2) is 24.3 Å². The maximum absolute atomic E-state index is 12.4. The van der Waals surface area contributed by atoms with E-state index in [0.717, 1.165) is 30.7 Å². The molecule has 1 aromatic rings. The lowest BCUT2D eigenvalue weighted by Crippen LogP contribution is -2.36. The summed E-state index contributed by atoms with van der Waals surface area (Å²) in [5.41, 5.74) is 1.83. The molecule has 6 heteroatoms. The summed E-state index contributed by atoms with van der Waals surface area (Å²) in [4.78, 5) is 26.0. The van der Waals surface area contributed by atoms with Gasteiger partial charge in [-0.3, -0.25) is 4.79 Å². The minimum absolute atomic E-state index is 0.0496. The van der Waals surface area contributed by atoms with Gasteiger partial charge in [0.15, 0.2) is 12.7 Å². The first-order valence-corrected chi connectivity index (χ1v) is 8.78. The van der Waals surface area contributed by atoms with Crippen molar-refractivity contribution >= 4 is 17.6 Å². The number of anilines is 1. The van der Waals surface area contributed by atoms with Gasteiger partial charge in [0.1, 0.15) is 0 Å². The molecule has 1 fully saturated rings. The summed E-state index contributed by atoms with van der Waals surface area (Å²) in [7, 11) is 0. The Balaban J connectivity index is 1.80. The molecular formula is C19H27NO5. The molecule has 0 aromatic heterocycles. The summed E-state index contributed by atoms with van der Waals surface area (Å²) >= 11 is 0. The summed E-state index contributed by atoms with van der Waals surface area (Å²) in [6, 6.07) is 7.62. The van der Waals surface area contributed by atoms with Crippen LogP contribution in [0.1, 0.15) is 32.3 Å². The third-order valence-electron chi connectivity index (χ3n) is 4.25. The van der Waals surface area contributed by atoms with Crippen molar-refractivity contribution in [3.8, 4) is 0 Å². The van der Waals surface area contributed by atoms with Gasteiger partial charge in [0, 0.05) is 18.8 Å². The fourth-order valence-corrected chi connectivity index (χ4v) is 2.77. The number of hydrogen-bond acceptors (Lipinski definition) is 5. The Morgan fingerprint density at radius 1 is 1.36 bits per heavy atom. The van der Waals surface area contributed by atoms with Crippen molar-refractivity contribution in [1.29, 1.82) is 0 Å². The number of hydrogen-bond donors (Lipinski definition) is 0. The van der Waals surface area contributed by atoms with Crippen LogP contribution in [0.2, 0.25) is 0 Å². The zero-order chi connectivity index (χ0) is 18.2. The van der Waals surface area contributed by atoms with E-state index in [9.17, 15) is 9.59 Å². The second kappa shape index (κ2) is 9.53. The lowest BCUT2D eigenvalue weighted by molar-refractivity contribution is -0.160. The van der Waals surface area contributed by atoms with Crippen LogP contribution in [-0.4, -0.2) is 50.4 Å². The van der Waals surface area contributed by atoms with Crippen molar-refractivity contribution in [3.63, 3.8) is 0 Å². The van der Waals surface area contributed by atoms with Crippen molar-refractivity contribution in [1.82, 2.24) is 0 Å². The number of para-hydroxylation sites is 1. The predicted octanol–water partition coefficient (Wildman–Crippen LogP) is 2.48. The highest BCUT2D eigenvalue weighted by molar-refractivity contribution is 5.96. The number of ether oxygens (including phenoxy) is 3. The maximum Gasteiger partial charge on any atom is 0.335 e. The van der Waals surface area contributed by atoms with Crippen molar-refractivity contribution < 1.29 is 23.8 Å². The van der Waals surface area contributed by atoms with E-state index >= 15 is 0 Å². The molecule has 1 heterocycles. The summed E-state index contributed by atoms with van der Waals surface area (Å²) in [6.07, 6.45) is 1.30. The molecule has 0 N–H and O–H groups in total. The molecule has 1 aliphatic heterocycles. The average molecular weight is 349 g/mol. The third-order valence-corrected chi connectivity index (χ3v) is 4.25. The standard InChI is InChI=1S/C19H27NO5/c1-4-20(17-10-6-5-8-14(17)2)18(21)13-25-19(22)15(3)24-12-16-9-7-11-23-16/h5-6,8,10,15-16H,4,7,9,11-13H2,1-3H3. The molecular weight excluding hydrogens is 322 g/mol. The Labute approximate surface area is 149 Å². The van der Waals surface area contributed by atoms with Crippen LogP contribution in [0.25, 0.3) is 0 Å². The molecule has 2 atom stereocenters. The van der Waals surface area contributed by atoms with Gasteiger partial charge in [-0.2, -0.15) is 0 Å². The molecule has 1 saturated heterocycles. The van der Waals surface area contributed by atoms with Crippen LogP contribution < -0.4 is 4.90 Å². The van der Waals surface area contributed by atoms with Gasteiger partial charge in [-0.1, -0.05) is 18.2 Å². The SMILES string of the molecule is CCN(C(=O)COC(=O)C(C)OCC1CCCO1)c1ccccc1C. The highest BCUT2D eigenvalue weighted by Crippen LogP contribution is 2.19. The van der Waals surface area contributed by atoms with E-state index in [1.165, 1.54) is 0 Å². The number of benzene rings is 1. The molecule has 0 saturated carbocycles. The van der Waals surface area contributed by atoms with Crippen LogP contribution >= 0.6 is 0 Å². The van der Waals surface area contributed by atoms with Gasteiger partial charge in [0.25, 0.3) is 5.91 Å². The first-order chi connectivity index (χ1) is 12.0. The molecule has 1 amide bonds. The van der Waals surface area contributed by atoms with Crippen LogP contribution in [0, 0.1) is 6.92 Å². The van der Waals surface area contributed by atoms with Gasteiger partial charge in [-0.05, 0) is 45.2 Å². The highest BCUT2D eigenvalue weighted by Gasteiger charge is 2.23. The van der Waals surface area contributed by atoms with Crippen molar-refractivity contribution in [3.05, 3.63) is 29.8 Å². The lowest BCUT2D eigenvalue weighted by atomic mass is 10.2. The molecule has 2 unspecified atom stereocenters. The molecule has 0 spiro atoms. The number of carbonyl (C=O) groups excluding carboxylic acids is 2. The monoisotopic (exact) mass is 349 g/mol. The molecule has 0 radical (unpaired) electrons. The Bertz CT molecular complexity index is 583. The second-order valence-electron chi connectivity index (χ2n) is 6.14. The first kappa shape index (κ1) is 19.4. The minimum atomic E-state index is -0.717. The summed E-state index contributed by atoms with van der Waals surface area (Å²) in [5.74, 6) is -0.788. The quantitative estimate of drug-likeness (QED) is 0.675. The number of nitrogens with zero attached hydrogens (tertiary/aromatic N) is 1. The smallest absolute Gasteiger partial charge is 0.335 e. The minimum Gasteiger partial charge on any atom is -0.454 e. The van der Waals surface area contributed by atoms with Gasteiger partial charge in [-0.15, -0.1) is 0 Å². The Morgan fingerprint density at radius 2 is 2.12 bits per heavy atom. The van der Waals surface area contributed by atoms with Gasteiger partial charge >= 0.3 is 5.97 Å². The number of carbonyl (C=O) groups is 2. The van der Waals surface area contributed by atoms with Crippen molar-refractivity contribution in [2.75, 3.05) is 31.3 Å². The number of rotatable bonds is 8. The maximum atomic E-state index is 12.4. The zero-order valence-corrected chi connectivity index (χ0v) is 15.2. The Hall–Kier alpha value is -1.92. The van der Waals surface area contributed by atoms with E-state index in [0.29, 0.717) is 13.2 Å². The molecule has 0 aliphatic carbocycles. The van der Waals surface area contributed by atoms with Crippen LogP contribution in [0.3, 0.4) is 0 Å². The van der Waals surface area contributed by atoms with Crippen LogP contribution in [0.4, 0.5) is 5.69 Å². The molecule has 25 heavy (non-hydrogen) atoms. The molecule has 1 aliphatic rings. The summed E-state index contributed by atoms with van der Waals surface area (Å²) in [6.45, 7) is 6.78. The van der Waals surface area contributed by atoms with Crippen LogP contribution in [-0.2, 0) is 23.8 Å². The van der Waals surface area contributed by atoms with E-state index in [1.54, 1.807) is 11.8 Å². The zero-order valence-electron chi connectivity index (χ0n) is 15.2. The largest absolute Gasteiger partial charge is 0.454 e. The molecule has 6 nitrogen and oxygen atoms in total. The average Bonchev–Trinajstić information content (AvgIpc) is 3.13. The molecule has 2 rings (SSSR count). The van der Waals surface area contributed by atoms with Gasteiger partial charge in [0.2, 0.25) is 0 Å². The van der Waals surface area contributed by atoms with E-state index in [1.807, 2.05) is 38.1 Å². The lowest BCUT2D eigenvalue weighted by Gasteiger charge is -2.23. The van der Waals surface area contributed by atoms with Crippen LogP contribution in [0.5, 0.6) is 0 Å². The Morgan fingerprint density at radius 3 is 2.76 bits per heavy atom. The van der Waals surface area contributed by atoms with E-state index < -0.39 is 12.1 Å². The fourth-order valence-electron chi connectivity index (χ4n) is 2.77. The summed E-state index contributed by atoms with van der Waals surface area (Å²) in [5, 5.41) is 0. The fraction of sp³-hybridized carbons (Fsp3) is 0.579. The molecule has 1 aromatic carbocycles. The van der Waals surface area contributed by atoms with Crippen molar-refractivity contribution in [2.45, 2.75) is 45.8 Å². The topological polar surface area (TPSA) is 65.1 Å². The first-order valence-electron chi connectivity index (χ1n) is 8.78. The number of likely N-dealkylation sites (N-methyl/N-ethyl adjacent to an activating group) is 1. The molecule has 138 valence electrons. The normalized spacial score (nSPS) is 18.0. The molecule has 0 bridgehead atoms. The van der Waals surface area contributed by atoms with E-state index in [4.69, 9.17) is 14.2 Å². The third kappa shape index (κ3) is 5.54. The number of amides is 1. The predicted molar refractivity (Wildman–Crippen MR) is 94.6 cm³/mol. The number of esters is 1. The van der Waals surface area contributed by atoms with E-state index in [2.05, 4.69) is 0 Å². The highest BCUT2D eigenvalue weighted by atomic mass is 16.6. The summed E-state index contributed by atoms with van der Waals surface area (Å²) < 4.78 is 16.1. The van der Waals surface area contributed by atoms with Crippen molar-refractivity contribution in [2.24, 2.45) is 0 Å². The Kier molecular flexibility index (Phi) is 7.40. The second-order valence-corrected chi connectivity index (χ2v) is 6.14. The van der Waals surface area contributed by atoms with Gasteiger partial charge in [-0.25, -0.2) is 4.79 Å². The van der Waals surface area contributed by atoms with Gasteiger partial charge < -0.3 is 19.1 Å². The van der Waals surface area contributed by atoms with E-state index in [-0.39, 0.29) is 18.6 Å². The number of aryl methyl sites for hydroxylation is 1. The van der Waals surface area contributed by atoms with Gasteiger partial charge in [0.05, 0.1) is 12.7 Å².